The maximum absolute atomic E-state index is 12.8. The molecule has 2 heterocycles. The minimum absolute atomic E-state index is 0.0265. The van der Waals surface area contributed by atoms with Gasteiger partial charge in [-0.2, -0.15) is 0 Å². The van der Waals surface area contributed by atoms with Gasteiger partial charge in [0, 0.05) is 55.5 Å². The molecule has 0 spiro atoms. The van der Waals surface area contributed by atoms with E-state index in [0.29, 0.717) is 37.4 Å². The second-order valence-corrected chi connectivity index (χ2v) is 8.24. The van der Waals surface area contributed by atoms with Crippen LogP contribution in [0.1, 0.15) is 23.2 Å². The first-order valence-electron chi connectivity index (χ1n) is 9.87. The van der Waals surface area contributed by atoms with Gasteiger partial charge < -0.3 is 14.7 Å². The molecule has 2 aromatic carbocycles. The summed E-state index contributed by atoms with van der Waals surface area (Å²) in [6.45, 7) is 4.37. The van der Waals surface area contributed by atoms with E-state index in [2.05, 4.69) is 25.7 Å². The lowest BCUT2D eigenvalue weighted by atomic mass is 10.1. The Balaban J connectivity index is 1.48. The number of amides is 1. The predicted octanol–water partition coefficient (Wildman–Crippen LogP) is 3.92. The van der Waals surface area contributed by atoms with Crippen molar-refractivity contribution >= 4 is 38.9 Å². The van der Waals surface area contributed by atoms with Crippen LogP contribution in [0.25, 0.3) is 0 Å². The molecule has 0 aromatic heterocycles. The Kier molecular flexibility index (Phi) is 5.71. The maximum atomic E-state index is 12.8. The number of hydrogen-bond donors (Lipinski definition) is 0. The number of nitro benzene ring substituents is 1. The van der Waals surface area contributed by atoms with Crippen molar-refractivity contribution in [3.8, 4) is 0 Å². The van der Waals surface area contributed by atoms with E-state index in [1.165, 1.54) is 0 Å². The molecule has 0 atom stereocenters. The summed E-state index contributed by atoms with van der Waals surface area (Å²) in [4.78, 5) is 30.1. The van der Waals surface area contributed by atoms with E-state index >= 15 is 0 Å². The smallest absolute Gasteiger partial charge is 0.292 e. The number of rotatable bonds is 4. The summed E-state index contributed by atoms with van der Waals surface area (Å²) in [5.74, 6) is 0.0265. The fourth-order valence-corrected chi connectivity index (χ4v) is 4.50. The number of halogens is 1. The van der Waals surface area contributed by atoms with Gasteiger partial charge in [0.1, 0.15) is 5.69 Å². The molecule has 0 N–H and O–H groups in total. The Hall–Kier alpha value is -2.61. The number of nitrogens with zero attached hydrogens (tertiary/aromatic N) is 4. The molecule has 8 heteroatoms. The molecule has 0 aliphatic carbocycles. The van der Waals surface area contributed by atoms with Gasteiger partial charge in [-0.3, -0.25) is 14.9 Å². The van der Waals surface area contributed by atoms with Crippen LogP contribution >= 0.6 is 15.9 Å². The van der Waals surface area contributed by atoms with Gasteiger partial charge in [-0.15, -0.1) is 0 Å². The van der Waals surface area contributed by atoms with Crippen LogP contribution in [-0.2, 0) is 0 Å². The van der Waals surface area contributed by atoms with E-state index in [0.717, 1.165) is 36.1 Å². The van der Waals surface area contributed by atoms with Crippen LogP contribution in [-0.4, -0.2) is 55.0 Å². The highest BCUT2D eigenvalue weighted by Crippen LogP contribution is 2.35. The SMILES string of the molecule is O=C(c1ccccc1Br)N1CCN(c2ccc([N+](=O)[O-])c(N3CCCC3)c2)CC1. The monoisotopic (exact) mass is 458 g/mol. The van der Waals surface area contributed by atoms with Crippen molar-refractivity contribution < 1.29 is 9.72 Å². The molecule has 0 bridgehead atoms. The Morgan fingerprint density at radius 3 is 2.28 bits per heavy atom. The zero-order valence-corrected chi connectivity index (χ0v) is 17.7. The summed E-state index contributed by atoms with van der Waals surface area (Å²) in [6.07, 6.45) is 2.13. The number of carbonyl (C=O) groups is 1. The normalized spacial score (nSPS) is 16.9. The minimum atomic E-state index is -0.300. The molecule has 2 aliphatic heterocycles. The zero-order valence-electron chi connectivity index (χ0n) is 16.1. The summed E-state index contributed by atoms with van der Waals surface area (Å²) < 4.78 is 0.804. The molecule has 2 fully saturated rings. The summed E-state index contributed by atoms with van der Waals surface area (Å²) in [5, 5.41) is 11.5. The number of hydrogen-bond acceptors (Lipinski definition) is 5. The van der Waals surface area contributed by atoms with Gasteiger partial charge in [0.25, 0.3) is 11.6 Å². The van der Waals surface area contributed by atoms with Crippen LogP contribution in [0.4, 0.5) is 17.1 Å². The van der Waals surface area contributed by atoms with E-state index < -0.39 is 0 Å². The van der Waals surface area contributed by atoms with Crippen molar-refractivity contribution in [3.63, 3.8) is 0 Å². The van der Waals surface area contributed by atoms with Crippen molar-refractivity contribution in [2.24, 2.45) is 0 Å². The van der Waals surface area contributed by atoms with Crippen LogP contribution in [0.3, 0.4) is 0 Å². The van der Waals surface area contributed by atoms with Crippen molar-refractivity contribution in [1.82, 2.24) is 4.90 Å². The van der Waals surface area contributed by atoms with Crippen molar-refractivity contribution in [2.75, 3.05) is 49.1 Å². The van der Waals surface area contributed by atoms with Gasteiger partial charge in [-0.05, 0) is 53.0 Å². The van der Waals surface area contributed by atoms with Gasteiger partial charge in [0.15, 0.2) is 0 Å². The lowest BCUT2D eigenvalue weighted by Gasteiger charge is -2.36. The Morgan fingerprint density at radius 1 is 0.931 bits per heavy atom. The van der Waals surface area contributed by atoms with Gasteiger partial charge in [-0.25, -0.2) is 0 Å². The highest BCUT2D eigenvalue weighted by molar-refractivity contribution is 9.10. The fraction of sp³-hybridized carbons (Fsp3) is 0.381. The van der Waals surface area contributed by atoms with Crippen molar-refractivity contribution in [3.05, 3.63) is 62.6 Å². The zero-order chi connectivity index (χ0) is 20.4. The average molecular weight is 459 g/mol. The predicted molar refractivity (Wildman–Crippen MR) is 117 cm³/mol. The van der Waals surface area contributed by atoms with Gasteiger partial charge >= 0.3 is 0 Å². The Morgan fingerprint density at radius 2 is 1.62 bits per heavy atom. The molecular formula is C21H23BrN4O3. The number of anilines is 2. The van der Waals surface area contributed by atoms with E-state index in [1.54, 1.807) is 6.07 Å². The van der Waals surface area contributed by atoms with E-state index in [-0.39, 0.29) is 16.5 Å². The number of nitro groups is 1. The summed E-state index contributed by atoms with van der Waals surface area (Å²) in [5.41, 5.74) is 2.52. The number of benzene rings is 2. The van der Waals surface area contributed by atoms with Gasteiger partial charge in [-0.1, -0.05) is 12.1 Å². The summed E-state index contributed by atoms with van der Waals surface area (Å²) in [6, 6.07) is 12.8. The third-order valence-electron chi connectivity index (χ3n) is 5.64. The van der Waals surface area contributed by atoms with E-state index in [4.69, 9.17) is 0 Å². The van der Waals surface area contributed by atoms with Crippen LogP contribution in [0, 0.1) is 10.1 Å². The highest BCUT2D eigenvalue weighted by Gasteiger charge is 2.26. The molecule has 0 saturated carbocycles. The van der Waals surface area contributed by atoms with Crippen LogP contribution in [0.5, 0.6) is 0 Å². The van der Waals surface area contributed by atoms with Crippen molar-refractivity contribution in [1.29, 1.82) is 0 Å². The van der Waals surface area contributed by atoms with E-state index in [9.17, 15) is 14.9 Å². The largest absolute Gasteiger partial charge is 0.368 e. The quantitative estimate of drug-likeness (QED) is 0.512. The first-order valence-corrected chi connectivity index (χ1v) is 10.7. The lowest BCUT2D eigenvalue weighted by Crippen LogP contribution is -2.48. The molecule has 2 aromatic rings. The molecular weight excluding hydrogens is 436 g/mol. The standard InChI is InChI=1S/C21H23BrN4O3/c22-18-6-2-1-5-17(18)21(27)25-13-11-23(12-14-25)16-7-8-19(26(28)29)20(15-16)24-9-3-4-10-24/h1-2,5-8,15H,3-4,9-14H2. The molecule has 2 saturated heterocycles. The first-order chi connectivity index (χ1) is 14.0. The minimum Gasteiger partial charge on any atom is -0.368 e. The fourth-order valence-electron chi connectivity index (χ4n) is 4.05. The van der Waals surface area contributed by atoms with Gasteiger partial charge in [0.2, 0.25) is 0 Å². The van der Waals surface area contributed by atoms with Crippen molar-refractivity contribution in [2.45, 2.75) is 12.8 Å². The molecule has 29 heavy (non-hydrogen) atoms. The van der Waals surface area contributed by atoms with Crippen LogP contribution < -0.4 is 9.80 Å². The molecule has 2 aliphatic rings. The molecule has 4 rings (SSSR count). The second-order valence-electron chi connectivity index (χ2n) is 7.38. The molecule has 0 radical (unpaired) electrons. The highest BCUT2D eigenvalue weighted by atomic mass is 79.9. The Labute approximate surface area is 178 Å². The topological polar surface area (TPSA) is 69.9 Å². The molecule has 1 amide bonds. The molecule has 152 valence electrons. The Bertz CT molecular complexity index is 922. The lowest BCUT2D eigenvalue weighted by molar-refractivity contribution is -0.384. The molecule has 0 unspecified atom stereocenters. The van der Waals surface area contributed by atoms with Gasteiger partial charge in [0.05, 0.1) is 10.5 Å². The third-order valence-corrected chi connectivity index (χ3v) is 6.33. The summed E-state index contributed by atoms with van der Waals surface area (Å²) >= 11 is 3.45. The second kappa shape index (κ2) is 8.41. The number of carbonyl (C=O) groups excluding carboxylic acids is 1. The van der Waals surface area contributed by atoms with Crippen LogP contribution in [0.15, 0.2) is 46.9 Å². The van der Waals surface area contributed by atoms with E-state index in [1.807, 2.05) is 41.3 Å². The third kappa shape index (κ3) is 4.07. The summed E-state index contributed by atoms with van der Waals surface area (Å²) in [7, 11) is 0. The molecule has 7 nitrogen and oxygen atoms in total. The first kappa shape index (κ1) is 19.7. The number of piperazine rings is 1. The van der Waals surface area contributed by atoms with Crippen LogP contribution in [0.2, 0.25) is 0 Å². The average Bonchev–Trinajstić information content (AvgIpc) is 3.28. The maximum Gasteiger partial charge on any atom is 0.292 e.